The van der Waals surface area contributed by atoms with E-state index in [1.54, 1.807) is 0 Å². The number of nitrogens with two attached hydrogens (primary N) is 1. The van der Waals surface area contributed by atoms with Gasteiger partial charge in [-0.3, -0.25) is 0 Å². The summed E-state index contributed by atoms with van der Waals surface area (Å²) in [5.74, 6) is 0. The molecule has 0 heterocycles. The molecule has 0 spiro atoms. The van der Waals surface area contributed by atoms with Gasteiger partial charge in [-0.1, -0.05) is 42.7 Å². The van der Waals surface area contributed by atoms with Gasteiger partial charge in [0.25, 0.3) is 0 Å². The lowest BCUT2D eigenvalue weighted by Gasteiger charge is -2.28. The first kappa shape index (κ1) is 16.6. The molecule has 2 atom stereocenters. The van der Waals surface area contributed by atoms with Gasteiger partial charge in [-0.15, -0.1) is 0 Å². The lowest BCUT2D eigenvalue weighted by molar-refractivity contribution is 0.101. The van der Waals surface area contributed by atoms with Gasteiger partial charge in [0.15, 0.2) is 0 Å². The lowest BCUT2D eigenvalue weighted by Crippen LogP contribution is -2.45. The molecule has 1 fully saturated rings. The summed E-state index contributed by atoms with van der Waals surface area (Å²) in [5.41, 5.74) is 5.99. The number of hydrogen-bond donors (Lipinski definition) is 3. The summed E-state index contributed by atoms with van der Waals surface area (Å²) in [6, 6.07) is 3.83. The number of rotatable bonds is 4. The second-order valence-electron chi connectivity index (χ2n) is 5.09. The smallest absolute Gasteiger partial charge is 0.242 e. The van der Waals surface area contributed by atoms with Crippen molar-refractivity contribution < 1.29 is 13.5 Å². The highest BCUT2D eigenvalue weighted by Crippen LogP contribution is 2.25. The molecule has 0 aromatic heterocycles. The van der Waals surface area contributed by atoms with Crippen molar-refractivity contribution >= 4 is 38.8 Å². The highest BCUT2D eigenvalue weighted by Gasteiger charge is 2.29. The number of thiocarbonyl (C=S) groups is 1. The summed E-state index contributed by atoms with van der Waals surface area (Å²) in [4.78, 5) is 0.110. The number of hydrogen-bond acceptors (Lipinski definition) is 4. The van der Waals surface area contributed by atoms with E-state index in [9.17, 15) is 13.5 Å². The molecular weight excluding hydrogens is 332 g/mol. The normalized spacial score (nSPS) is 23.0. The molecule has 1 aliphatic rings. The minimum absolute atomic E-state index is 0.0399. The molecule has 8 heteroatoms. The first-order valence-corrected chi connectivity index (χ1v) is 8.88. The third-order valence-corrected chi connectivity index (χ3v) is 5.75. The third-order valence-electron chi connectivity index (χ3n) is 3.54. The fraction of sp³-hybridized carbons (Fsp3) is 0.462. The first-order valence-electron chi connectivity index (χ1n) is 6.61. The number of nitrogens with one attached hydrogen (secondary N) is 1. The molecule has 21 heavy (non-hydrogen) atoms. The molecule has 4 N–H and O–H groups in total. The van der Waals surface area contributed by atoms with E-state index in [1.165, 1.54) is 18.2 Å². The molecule has 1 saturated carbocycles. The second-order valence-corrected chi connectivity index (χ2v) is 7.62. The maximum Gasteiger partial charge on any atom is 0.242 e. The van der Waals surface area contributed by atoms with E-state index in [4.69, 9.17) is 29.6 Å². The number of aliphatic hydroxyl groups excluding tert-OH is 1. The van der Waals surface area contributed by atoms with E-state index >= 15 is 0 Å². The van der Waals surface area contributed by atoms with Crippen LogP contribution in [0.3, 0.4) is 0 Å². The summed E-state index contributed by atoms with van der Waals surface area (Å²) in [6.45, 7) is 0. The van der Waals surface area contributed by atoms with Crippen molar-refractivity contribution in [1.29, 1.82) is 0 Å². The number of sulfonamides is 1. The Labute approximate surface area is 134 Å². The predicted molar refractivity (Wildman–Crippen MR) is 85.9 cm³/mol. The fourth-order valence-corrected chi connectivity index (χ4v) is 4.36. The minimum atomic E-state index is -3.79. The molecule has 116 valence electrons. The average molecular weight is 349 g/mol. The Morgan fingerprint density at radius 2 is 2.05 bits per heavy atom. The summed E-state index contributed by atoms with van der Waals surface area (Å²) in [6.07, 6.45) is 2.34. The fourth-order valence-electron chi connectivity index (χ4n) is 2.38. The van der Waals surface area contributed by atoms with Crippen molar-refractivity contribution in [3.8, 4) is 0 Å². The van der Waals surface area contributed by atoms with Crippen LogP contribution in [0.5, 0.6) is 0 Å². The van der Waals surface area contributed by atoms with Crippen LogP contribution >= 0.6 is 23.8 Å². The quantitative estimate of drug-likeness (QED) is 0.718. The van der Waals surface area contributed by atoms with Crippen LogP contribution in [0.25, 0.3) is 0 Å². The van der Waals surface area contributed by atoms with Crippen molar-refractivity contribution in [1.82, 2.24) is 4.72 Å². The van der Waals surface area contributed by atoms with E-state index in [-0.39, 0.29) is 14.9 Å². The number of halogens is 1. The maximum absolute atomic E-state index is 12.4. The molecule has 2 rings (SSSR count). The zero-order chi connectivity index (χ0) is 15.6. The van der Waals surface area contributed by atoms with Gasteiger partial charge in [-0.2, -0.15) is 0 Å². The maximum atomic E-state index is 12.4. The van der Waals surface area contributed by atoms with E-state index in [0.29, 0.717) is 18.4 Å². The van der Waals surface area contributed by atoms with Gasteiger partial charge in [0.1, 0.15) is 9.88 Å². The van der Waals surface area contributed by atoms with Gasteiger partial charge < -0.3 is 10.8 Å². The van der Waals surface area contributed by atoms with E-state index in [1.807, 2.05) is 0 Å². The lowest BCUT2D eigenvalue weighted by atomic mass is 9.93. The molecule has 0 amide bonds. The van der Waals surface area contributed by atoms with Crippen LogP contribution in [-0.2, 0) is 10.0 Å². The van der Waals surface area contributed by atoms with Crippen LogP contribution in [0.15, 0.2) is 23.1 Å². The molecule has 0 bridgehead atoms. The minimum Gasteiger partial charge on any atom is -0.391 e. The molecule has 2 unspecified atom stereocenters. The topological polar surface area (TPSA) is 92.4 Å². The monoisotopic (exact) mass is 348 g/mol. The zero-order valence-corrected chi connectivity index (χ0v) is 13.6. The molecule has 0 saturated heterocycles. The van der Waals surface area contributed by atoms with Gasteiger partial charge in [0, 0.05) is 11.6 Å². The number of benzene rings is 1. The van der Waals surface area contributed by atoms with Crippen LogP contribution < -0.4 is 10.5 Å². The average Bonchev–Trinajstić information content (AvgIpc) is 2.40. The molecule has 1 aliphatic carbocycles. The van der Waals surface area contributed by atoms with Crippen LogP contribution in [0.1, 0.15) is 31.2 Å². The third kappa shape index (κ3) is 3.92. The van der Waals surface area contributed by atoms with Crippen molar-refractivity contribution in [2.45, 2.75) is 42.7 Å². The predicted octanol–water partition coefficient (Wildman–Crippen LogP) is 1.56. The Morgan fingerprint density at radius 1 is 1.38 bits per heavy atom. The van der Waals surface area contributed by atoms with Gasteiger partial charge in [-0.25, -0.2) is 13.1 Å². The summed E-state index contributed by atoms with van der Waals surface area (Å²) in [7, 11) is -3.79. The van der Waals surface area contributed by atoms with Gasteiger partial charge in [0.2, 0.25) is 10.0 Å². The van der Waals surface area contributed by atoms with Crippen molar-refractivity contribution in [2.24, 2.45) is 5.73 Å². The Balaban J connectivity index is 2.25. The van der Waals surface area contributed by atoms with Gasteiger partial charge in [-0.05, 0) is 25.0 Å². The Bertz CT molecular complexity index is 649. The molecule has 5 nitrogen and oxygen atoms in total. The van der Waals surface area contributed by atoms with Crippen LogP contribution in [0.2, 0.25) is 5.02 Å². The van der Waals surface area contributed by atoms with Gasteiger partial charge >= 0.3 is 0 Å². The zero-order valence-electron chi connectivity index (χ0n) is 11.3. The Hall–Kier alpha value is -0.730. The molecule has 1 aromatic rings. The Kier molecular flexibility index (Phi) is 5.21. The molecule has 1 aromatic carbocycles. The molecule has 0 aliphatic heterocycles. The summed E-state index contributed by atoms with van der Waals surface area (Å²) >= 11 is 10.8. The standard InChI is InChI=1S/C13H17ClN2O3S2/c14-9-7-8(13(15)20)5-6-12(9)21(18,19)16-10-3-1-2-4-11(10)17/h5-7,10-11,16-17H,1-4H2,(H2,15,20). The summed E-state index contributed by atoms with van der Waals surface area (Å²) < 4.78 is 27.3. The molecule has 0 radical (unpaired) electrons. The second kappa shape index (κ2) is 6.58. The summed E-state index contributed by atoms with van der Waals surface area (Å²) in [5, 5.41) is 9.93. The van der Waals surface area contributed by atoms with Crippen LogP contribution in [0.4, 0.5) is 0 Å². The van der Waals surface area contributed by atoms with Crippen LogP contribution in [0, 0.1) is 0 Å². The SMILES string of the molecule is NC(=S)c1ccc(S(=O)(=O)NC2CCCCC2O)c(Cl)c1. The van der Waals surface area contributed by atoms with Gasteiger partial charge in [0.05, 0.1) is 11.1 Å². The highest BCUT2D eigenvalue weighted by atomic mass is 35.5. The van der Waals surface area contributed by atoms with Crippen molar-refractivity contribution in [2.75, 3.05) is 0 Å². The van der Waals surface area contributed by atoms with Crippen molar-refractivity contribution in [3.63, 3.8) is 0 Å². The van der Waals surface area contributed by atoms with E-state index in [2.05, 4.69) is 4.72 Å². The number of aliphatic hydroxyl groups is 1. The van der Waals surface area contributed by atoms with E-state index < -0.39 is 22.2 Å². The van der Waals surface area contributed by atoms with Crippen molar-refractivity contribution in [3.05, 3.63) is 28.8 Å². The first-order chi connectivity index (χ1) is 9.81. The largest absolute Gasteiger partial charge is 0.391 e. The Morgan fingerprint density at radius 3 is 2.62 bits per heavy atom. The highest BCUT2D eigenvalue weighted by molar-refractivity contribution is 7.89. The molecular formula is C13H17ClN2O3S2. The van der Waals surface area contributed by atoms with Crippen LogP contribution in [-0.4, -0.2) is 30.7 Å². The van der Waals surface area contributed by atoms with E-state index in [0.717, 1.165) is 12.8 Å².